The van der Waals surface area contributed by atoms with Crippen LogP contribution >= 0.6 is 0 Å². The molecule has 1 aromatic carbocycles. The van der Waals surface area contributed by atoms with Crippen molar-refractivity contribution in [2.75, 3.05) is 6.54 Å². The zero-order chi connectivity index (χ0) is 14.5. The van der Waals surface area contributed by atoms with Crippen molar-refractivity contribution in [3.63, 3.8) is 0 Å². The molecule has 0 aromatic heterocycles. The second-order valence-corrected chi connectivity index (χ2v) is 6.29. The third kappa shape index (κ3) is 3.82. The van der Waals surface area contributed by atoms with Gasteiger partial charge in [-0.25, -0.2) is 4.39 Å². The number of aryl methyl sites for hydroxylation is 1. The fourth-order valence-corrected chi connectivity index (χ4v) is 3.65. The van der Waals surface area contributed by atoms with Gasteiger partial charge in [0.1, 0.15) is 5.82 Å². The third-order valence-electron chi connectivity index (χ3n) is 4.79. The minimum absolute atomic E-state index is 0.106. The fourth-order valence-electron chi connectivity index (χ4n) is 3.65. The lowest BCUT2D eigenvalue weighted by Gasteiger charge is -2.34. The van der Waals surface area contributed by atoms with E-state index in [4.69, 9.17) is 0 Å². The molecule has 0 aliphatic heterocycles. The number of halogens is 1. The summed E-state index contributed by atoms with van der Waals surface area (Å²) < 4.78 is 13.7. The monoisotopic (exact) mass is 277 g/mol. The van der Waals surface area contributed by atoms with Gasteiger partial charge in [-0.3, -0.25) is 0 Å². The van der Waals surface area contributed by atoms with Crippen LogP contribution in [0.1, 0.15) is 63.1 Å². The third-order valence-corrected chi connectivity index (χ3v) is 4.79. The summed E-state index contributed by atoms with van der Waals surface area (Å²) in [4.78, 5) is 0. The van der Waals surface area contributed by atoms with E-state index >= 15 is 0 Å². The van der Waals surface area contributed by atoms with Crippen LogP contribution in [0.4, 0.5) is 4.39 Å². The maximum atomic E-state index is 13.7. The van der Waals surface area contributed by atoms with Gasteiger partial charge in [-0.2, -0.15) is 0 Å². The lowest BCUT2D eigenvalue weighted by Crippen LogP contribution is -2.31. The molecule has 0 bridgehead atoms. The van der Waals surface area contributed by atoms with Crippen LogP contribution in [-0.4, -0.2) is 6.54 Å². The number of nitrogens with one attached hydrogen (secondary N) is 1. The van der Waals surface area contributed by atoms with Crippen LogP contribution in [0.5, 0.6) is 0 Å². The van der Waals surface area contributed by atoms with Crippen molar-refractivity contribution in [3.05, 3.63) is 35.1 Å². The van der Waals surface area contributed by atoms with Gasteiger partial charge in [-0.15, -0.1) is 0 Å². The largest absolute Gasteiger partial charge is 0.310 e. The maximum Gasteiger partial charge on any atom is 0.123 e. The highest BCUT2D eigenvalue weighted by Gasteiger charge is 2.27. The molecule has 0 heterocycles. The first-order valence-electron chi connectivity index (χ1n) is 8.14. The van der Waals surface area contributed by atoms with Gasteiger partial charge >= 0.3 is 0 Å². The number of hydrogen-bond acceptors (Lipinski definition) is 1. The zero-order valence-electron chi connectivity index (χ0n) is 13.1. The van der Waals surface area contributed by atoms with Crippen molar-refractivity contribution < 1.29 is 4.39 Å². The molecule has 112 valence electrons. The Morgan fingerprint density at radius 3 is 2.40 bits per heavy atom. The SMILES string of the molecule is CCNC(c1cc(C)cc(F)c1)C1CCC(CC)CC1. The molecule has 0 amide bonds. The Bertz CT molecular complexity index is 401. The maximum absolute atomic E-state index is 13.7. The predicted molar refractivity (Wildman–Crippen MR) is 83.3 cm³/mol. The van der Waals surface area contributed by atoms with Crippen molar-refractivity contribution in [2.24, 2.45) is 11.8 Å². The summed E-state index contributed by atoms with van der Waals surface area (Å²) >= 11 is 0. The molecule has 1 aromatic rings. The quantitative estimate of drug-likeness (QED) is 0.798. The van der Waals surface area contributed by atoms with E-state index in [1.165, 1.54) is 32.1 Å². The summed E-state index contributed by atoms with van der Waals surface area (Å²) in [5, 5.41) is 3.59. The Hall–Kier alpha value is -0.890. The molecule has 1 nitrogen and oxygen atoms in total. The lowest BCUT2D eigenvalue weighted by molar-refractivity contribution is 0.220. The number of rotatable bonds is 5. The van der Waals surface area contributed by atoms with Crippen molar-refractivity contribution in [2.45, 2.75) is 58.9 Å². The first-order chi connectivity index (χ1) is 9.63. The van der Waals surface area contributed by atoms with E-state index in [0.29, 0.717) is 12.0 Å². The van der Waals surface area contributed by atoms with E-state index in [9.17, 15) is 4.39 Å². The molecule has 0 radical (unpaired) electrons. The molecule has 2 heteroatoms. The van der Waals surface area contributed by atoms with Crippen molar-refractivity contribution in [1.82, 2.24) is 5.32 Å². The molecular formula is C18H28FN. The Balaban J connectivity index is 2.14. The van der Waals surface area contributed by atoms with Gasteiger partial charge in [0, 0.05) is 6.04 Å². The molecule has 1 N–H and O–H groups in total. The van der Waals surface area contributed by atoms with E-state index < -0.39 is 0 Å². The van der Waals surface area contributed by atoms with Gasteiger partial charge in [-0.05, 0) is 61.4 Å². The van der Waals surface area contributed by atoms with E-state index in [0.717, 1.165) is 23.6 Å². The van der Waals surface area contributed by atoms with Crippen LogP contribution < -0.4 is 5.32 Å². The van der Waals surface area contributed by atoms with Gasteiger partial charge < -0.3 is 5.32 Å². The lowest BCUT2D eigenvalue weighted by atomic mass is 9.76. The molecule has 0 spiro atoms. The highest BCUT2D eigenvalue weighted by Crippen LogP contribution is 2.38. The topological polar surface area (TPSA) is 12.0 Å². The van der Waals surface area contributed by atoms with Crippen molar-refractivity contribution in [3.8, 4) is 0 Å². The van der Waals surface area contributed by atoms with Crippen LogP contribution in [0.2, 0.25) is 0 Å². The molecule has 1 saturated carbocycles. The highest BCUT2D eigenvalue weighted by atomic mass is 19.1. The van der Waals surface area contributed by atoms with Crippen LogP contribution in [-0.2, 0) is 0 Å². The first kappa shape index (κ1) is 15.5. The summed E-state index contributed by atoms with van der Waals surface area (Å²) in [5.41, 5.74) is 2.15. The first-order valence-corrected chi connectivity index (χ1v) is 8.14. The Labute approximate surface area is 123 Å². The van der Waals surface area contributed by atoms with E-state index in [-0.39, 0.29) is 5.82 Å². The molecular weight excluding hydrogens is 249 g/mol. The van der Waals surface area contributed by atoms with E-state index in [1.54, 1.807) is 12.1 Å². The summed E-state index contributed by atoms with van der Waals surface area (Å²) in [6.45, 7) is 7.34. The van der Waals surface area contributed by atoms with Gasteiger partial charge in [0.15, 0.2) is 0 Å². The van der Waals surface area contributed by atoms with Gasteiger partial charge in [0.2, 0.25) is 0 Å². The minimum atomic E-state index is -0.106. The van der Waals surface area contributed by atoms with Crippen molar-refractivity contribution >= 4 is 0 Å². The summed E-state index contributed by atoms with van der Waals surface area (Å²) in [5.74, 6) is 1.45. The number of benzene rings is 1. The molecule has 1 aliphatic rings. The molecule has 20 heavy (non-hydrogen) atoms. The number of hydrogen-bond donors (Lipinski definition) is 1. The molecule has 1 unspecified atom stereocenters. The summed E-state index contributed by atoms with van der Waals surface area (Å²) in [7, 11) is 0. The average Bonchev–Trinajstić information content (AvgIpc) is 2.44. The summed E-state index contributed by atoms with van der Waals surface area (Å²) in [6.07, 6.45) is 6.50. The van der Waals surface area contributed by atoms with Gasteiger partial charge in [-0.1, -0.05) is 39.2 Å². The molecule has 2 rings (SSSR count). The highest BCUT2D eigenvalue weighted by molar-refractivity contribution is 5.27. The molecule has 0 saturated heterocycles. The molecule has 1 fully saturated rings. The fraction of sp³-hybridized carbons (Fsp3) is 0.667. The normalized spacial score (nSPS) is 24.6. The van der Waals surface area contributed by atoms with E-state index in [2.05, 4.69) is 25.2 Å². The Morgan fingerprint density at radius 2 is 1.85 bits per heavy atom. The Morgan fingerprint density at radius 1 is 1.15 bits per heavy atom. The standard InChI is InChI=1S/C18H28FN/c1-4-14-6-8-15(9-7-14)18(20-5-2)16-10-13(3)11-17(19)12-16/h10-12,14-15,18,20H,4-9H2,1-3H3. The van der Waals surface area contributed by atoms with Crippen molar-refractivity contribution in [1.29, 1.82) is 0 Å². The minimum Gasteiger partial charge on any atom is -0.310 e. The van der Waals surface area contributed by atoms with Crippen LogP contribution in [0, 0.1) is 24.6 Å². The van der Waals surface area contributed by atoms with Gasteiger partial charge in [0.05, 0.1) is 0 Å². The second-order valence-electron chi connectivity index (χ2n) is 6.29. The predicted octanol–water partition coefficient (Wildman–Crippen LogP) is 5.00. The smallest absolute Gasteiger partial charge is 0.123 e. The van der Waals surface area contributed by atoms with E-state index in [1.807, 2.05) is 6.92 Å². The Kier molecular flexibility index (Phi) is 5.59. The van der Waals surface area contributed by atoms with Crippen LogP contribution in [0.25, 0.3) is 0 Å². The van der Waals surface area contributed by atoms with Crippen LogP contribution in [0.15, 0.2) is 18.2 Å². The molecule has 1 atom stereocenters. The second kappa shape index (κ2) is 7.21. The van der Waals surface area contributed by atoms with Gasteiger partial charge in [0.25, 0.3) is 0 Å². The summed E-state index contributed by atoms with van der Waals surface area (Å²) in [6, 6.07) is 5.78. The van der Waals surface area contributed by atoms with Crippen LogP contribution in [0.3, 0.4) is 0 Å². The average molecular weight is 277 g/mol. The zero-order valence-corrected chi connectivity index (χ0v) is 13.1. The molecule has 1 aliphatic carbocycles.